The first kappa shape index (κ1) is 17.8. The van der Waals surface area contributed by atoms with Crippen molar-refractivity contribution in [1.82, 2.24) is 20.3 Å². The molecule has 0 amide bonds. The van der Waals surface area contributed by atoms with Crippen molar-refractivity contribution in [2.24, 2.45) is 5.92 Å². The van der Waals surface area contributed by atoms with Gasteiger partial charge in [-0.3, -0.25) is 14.3 Å². The topological polar surface area (TPSA) is 76.9 Å². The van der Waals surface area contributed by atoms with Crippen LogP contribution in [0.5, 0.6) is 0 Å². The Hall–Kier alpha value is -1.56. The number of aryl methyl sites for hydroxylation is 2. The maximum Gasteiger partial charge on any atom is 0.149 e. The number of nitrogens with zero attached hydrogens (tertiary/aromatic N) is 3. The molecule has 0 aliphatic carbocycles. The Kier molecular flexibility index (Phi) is 6.89. The second kappa shape index (κ2) is 8.91. The Labute approximate surface area is 138 Å². The fourth-order valence-electron chi connectivity index (χ4n) is 2.96. The molecule has 0 saturated heterocycles. The Morgan fingerprint density at radius 3 is 2.87 bits per heavy atom. The lowest BCUT2D eigenvalue weighted by molar-refractivity contribution is -0.122. The molecule has 1 aliphatic rings. The lowest BCUT2D eigenvalue weighted by Crippen LogP contribution is -2.40. The zero-order valence-corrected chi connectivity index (χ0v) is 14.3. The van der Waals surface area contributed by atoms with Gasteiger partial charge in [-0.05, 0) is 39.0 Å². The van der Waals surface area contributed by atoms with Gasteiger partial charge in [-0.15, -0.1) is 5.10 Å². The zero-order chi connectivity index (χ0) is 16.7. The molecule has 0 fully saturated rings. The first-order chi connectivity index (χ1) is 11.1. The third-order valence-electron chi connectivity index (χ3n) is 4.60. The van der Waals surface area contributed by atoms with Crippen LogP contribution in [-0.4, -0.2) is 39.1 Å². The van der Waals surface area contributed by atoms with Crippen molar-refractivity contribution in [1.29, 1.82) is 0 Å². The van der Waals surface area contributed by atoms with Gasteiger partial charge in [0.15, 0.2) is 0 Å². The number of Topliss-reactive ketones (excluding diaryl/α,β-unsaturated/α-hetero) is 2. The normalized spacial score (nSPS) is 25.2. The maximum atomic E-state index is 12.2. The van der Waals surface area contributed by atoms with Crippen LogP contribution >= 0.6 is 0 Å². The molecular weight excluding hydrogens is 292 g/mol. The summed E-state index contributed by atoms with van der Waals surface area (Å²) in [6.07, 6.45) is 8.52. The molecule has 6 nitrogen and oxygen atoms in total. The Morgan fingerprint density at radius 1 is 1.26 bits per heavy atom. The molecule has 6 heteroatoms. The van der Waals surface area contributed by atoms with E-state index < -0.39 is 0 Å². The number of fused-ring (bicyclic) bond motifs is 2. The van der Waals surface area contributed by atoms with Gasteiger partial charge in [-0.2, -0.15) is 0 Å². The minimum Gasteiger partial charge on any atom is -0.301 e. The van der Waals surface area contributed by atoms with Crippen LogP contribution in [0.25, 0.3) is 0 Å². The van der Waals surface area contributed by atoms with Gasteiger partial charge in [0.05, 0.1) is 18.3 Å². The highest BCUT2D eigenvalue weighted by atomic mass is 16.1. The molecule has 2 heterocycles. The maximum absolute atomic E-state index is 12.2. The van der Waals surface area contributed by atoms with Crippen molar-refractivity contribution in [2.45, 2.75) is 71.4 Å². The molecule has 2 atom stereocenters. The van der Waals surface area contributed by atoms with E-state index in [0.29, 0.717) is 6.54 Å². The summed E-state index contributed by atoms with van der Waals surface area (Å²) < 4.78 is 1.90. The van der Waals surface area contributed by atoms with E-state index in [1.54, 1.807) is 6.92 Å². The van der Waals surface area contributed by atoms with Crippen molar-refractivity contribution in [2.75, 3.05) is 6.54 Å². The van der Waals surface area contributed by atoms with Crippen LogP contribution in [0.15, 0.2) is 6.20 Å². The van der Waals surface area contributed by atoms with E-state index in [0.717, 1.165) is 57.2 Å². The molecule has 1 aromatic heterocycles. The summed E-state index contributed by atoms with van der Waals surface area (Å²) in [4.78, 5) is 23.9. The van der Waals surface area contributed by atoms with Gasteiger partial charge >= 0.3 is 0 Å². The second-order valence-electron chi connectivity index (χ2n) is 6.63. The average Bonchev–Trinajstić information content (AvgIpc) is 2.96. The molecule has 0 radical (unpaired) electrons. The van der Waals surface area contributed by atoms with Crippen molar-refractivity contribution < 1.29 is 9.59 Å². The Balaban J connectivity index is 1.99. The van der Waals surface area contributed by atoms with Crippen molar-refractivity contribution >= 4 is 11.6 Å². The SMILES string of the molecule is CC(=O)[C@@H]1CCCc2cn(nn2)CCCCC[C@@H](C)C(=O)CN1. The first-order valence-corrected chi connectivity index (χ1v) is 8.72. The quantitative estimate of drug-likeness (QED) is 0.855. The van der Waals surface area contributed by atoms with Crippen LogP contribution in [0, 0.1) is 5.92 Å². The number of aromatic nitrogens is 3. The standard InChI is InChI=1S/C17H28N4O2/c1-13-7-4-3-5-10-21-12-15(19-20-21)8-6-9-16(14(2)22)18-11-17(13)23/h12-13,16,18H,3-11H2,1-2H3/t13-,16+/m1/s1. The zero-order valence-electron chi connectivity index (χ0n) is 14.3. The summed E-state index contributed by atoms with van der Waals surface area (Å²) in [7, 11) is 0. The minimum absolute atomic E-state index is 0.0565. The van der Waals surface area contributed by atoms with Crippen LogP contribution in [0.3, 0.4) is 0 Å². The summed E-state index contributed by atoms with van der Waals surface area (Å²) in [6, 6.07) is -0.242. The number of nitrogens with one attached hydrogen (secondary N) is 1. The molecule has 0 unspecified atom stereocenters. The highest BCUT2D eigenvalue weighted by Gasteiger charge is 2.18. The molecule has 0 spiro atoms. The van der Waals surface area contributed by atoms with Gasteiger partial charge in [0.25, 0.3) is 0 Å². The van der Waals surface area contributed by atoms with E-state index in [9.17, 15) is 9.59 Å². The Morgan fingerprint density at radius 2 is 2.09 bits per heavy atom. The molecule has 23 heavy (non-hydrogen) atoms. The highest BCUT2D eigenvalue weighted by molar-refractivity contribution is 5.85. The van der Waals surface area contributed by atoms with Crippen LogP contribution in [0.4, 0.5) is 0 Å². The van der Waals surface area contributed by atoms with Crippen LogP contribution in [-0.2, 0) is 22.6 Å². The third kappa shape index (κ3) is 5.86. The van der Waals surface area contributed by atoms with Crippen LogP contribution < -0.4 is 5.32 Å². The van der Waals surface area contributed by atoms with Crippen molar-refractivity contribution in [3.05, 3.63) is 11.9 Å². The lowest BCUT2D eigenvalue weighted by atomic mass is 9.98. The highest BCUT2D eigenvalue weighted by Crippen LogP contribution is 2.12. The first-order valence-electron chi connectivity index (χ1n) is 8.72. The number of rotatable bonds is 1. The number of carbonyl (C=O) groups excluding carboxylic acids is 2. The average molecular weight is 320 g/mol. The molecule has 1 aromatic rings. The minimum atomic E-state index is -0.242. The summed E-state index contributed by atoms with van der Waals surface area (Å²) in [6.45, 7) is 4.74. The second-order valence-corrected chi connectivity index (χ2v) is 6.63. The van der Waals surface area contributed by atoms with E-state index >= 15 is 0 Å². The van der Waals surface area contributed by atoms with Crippen molar-refractivity contribution in [3.63, 3.8) is 0 Å². The van der Waals surface area contributed by atoms with Crippen molar-refractivity contribution in [3.8, 4) is 0 Å². The summed E-state index contributed by atoms with van der Waals surface area (Å²) in [5.74, 6) is 0.357. The molecule has 0 aromatic carbocycles. The number of hydrogen-bond acceptors (Lipinski definition) is 5. The van der Waals surface area contributed by atoms with Crippen LogP contribution in [0.1, 0.15) is 58.1 Å². The smallest absolute Gasteiger partial charge is 0.149 e. The predicted molar refractivity (Wildman–Crippen MR) is 88.1 cm³/mol. The summed E-state index contributed by atoms with van der Waals surface area (Å²) >= 11 is 0. The van der Waals surface area contributed by atoms with Gasteiger partial charge in [-0.1, -0.05) is 25.0 Å². The fraction of sp³-hybridized carbons (Fsp3) is 0.765. The van der Waals surface area contributed by atoms with E-state index in [2.05, 4.69) is 15.6 Å². The van der Waals surface area contributed by atoms with Gasteiger partial charge < -0.3 is 5.32 Å². The number of ketones is 2. The number of hydrogen-bond donors (Lipinski definition) is 1. The molecule has 0 saturated carbocycles. The van der Waals surface area contributed by atoms with Gasteiger partial charge in [0.2, 0.25) is 0 Å². The van der Waals surface area contributed by atoms with Gasteiger partial charge in [-0.25, -0.2) is 0 Å². The Bertz CT molecular complexity index is 526. The summed E-state index contributed by atoms with van der Waals surface area (Å²) in [5, 5.41) is 11.5. The molecule has 1 N–H and O–H groups in total. The van der Waals surface area contributed by atoms with Gasteiger partial charge in [0, 0.05) is 18.7 Å². The molecular formula is C17H28N4O2. The van der Waals surface area contributed by atoms with Gasteiger partial charge in [0.1, 0.15) is 11.6 Å². The molecule has 128 valence electrons. The summed E-state index contributed by atoms with van der Waals surface area (Å²) in [5.41, 5.74) is 0.976. The largest absolute Gasteiger partial charge is 0.301 e. The van der Waals surface area contributed by atoms with Crippen LogP contribution in [0.2, 0.25) is 0 Å². The van der Waals surface area contributed by atoms with E-state index in [4.69, 9.17) is 0 Å². The lowest BCUT2D eigenvalue weighted by Gasteiger charge is -2.17. The number of carbonyl (C=O) groups is 2. The molecule has 2 rings (SSSR count). The molecule has 2 bridgehead atoms. The fourth-order valence-corrected chi connectivity index (χ4v) is 2.96. The predicted octanol–water partition coefficient (Wildman–Crippen LogP) is 1.93. The van der Waals surface area contributed by atoms with E-state index in [1.807, 2.05) is 17.8 Å². The third-order valence-corrected chi connectivity index (χ3v) is 4.60. The van der Waals surface area contributed by atoms with E-state index in [1.165, 1.54) is 0 Å². The monoisotopic (exact) mass is 320 g/mol. The van der Waals surface area contributed by atoms with E-state index in [-0.39, 0.29) is 23.5 Å². The molecule has 1 aliphatic heterocycles.